The van der Waals surface area contributed by atoms with Crippen LogP contribution >= 0.6 is 0 Å². The van der Waals surface area contributed by atoms with Crippen molar-refractivity contribution < 1.29 is 4.74 Å². The first kappa shape index (κ1) is 30.2. The Morgan fingerprint density at radius 2 is 0.720 bits per heavy atom. The molecule has 0 amide bonds. The fourth-order valence-electron chi connectivity index (χ4n) is 8.05. The van der Waals surface area contributed by atoms with Crippen molar-refractivity contribution >= 4 is 17.1 Å². The largest absolute Gasteiger partial charge is 0.457 e. The maximum absolute atomic E-state index is 6.56. The molecule has 0 spiro atoms. The van der Waals surface area contributed by atoms with E-state index in [-0.39, 0.29) is 10.8 Å². The van der Waals surface area contributed by atoms with Gasteiger partial charge in [-0.25, -0.2) is 0 Å². The lowest BCUT2D eigenvalue weighted by molar-refractivity contribution is 0.418. The van der Waals surface area contributed by atoms with Crippen LogP contribution < -0.4 is 9.64 Å². The molecule has 0 fully saturated rings. The predicted octanol–water partition coefficient (Wildman–Crippen LogP) is 13.2. The van der Waals surface area contributed by atoms with Crippen LogP contribution in [0, 0.1) is 0 Å². The van der Waals surface area contributed by atoms with Gasteiger partial charge >= 0.3 is 0 Å². The molecule has 0 aliphatic carbocycles. The van der Waals surface area contributed by atoms with E-state index in [0.29, 0.717) is 0 Å². The zero-order chi connectivity index (χ0) is 34.0. The zero-order valence-corrected chi connectivity index (χ0v) is 28.9. The molecule has 2 heteroatoms. The van der Waals surface area contributed by atoms with E-state index >= 15 is 0 Å². The average molecular weight is 646 g/mol. The van der Waals surface area contributed by atoms with E-state index in [9.17, 15) is 0 Å². The summed E-state index contributed by atoms with van der Waals surface area (Å²) in [5.41, 5.74) is 15.4. The van der Waals surface area contributed by atoms with Crippen LogP contribution in [0.25, 0.3) is 33.4 Å². The molecule has 7 aromatic rings. The van der Waals surface area contributed by atoms with Crippen LogP contribution in [0.3, 0.4) is 0 Å². The molecule has 0 N–H and O–H groups in total. The summed E-state index contributed by atoms with van der Waals surface area (Å²) in [6.45, 7) is 9.38. The number of ether oxygens (including phenoxy) is 1. The standard InChI is InChI=1S/C48H39NO/c1-47(2)39-28-34(32-14-8-5-9-15-32)20-24-43(39)49(38-18-12-7-13-19-38)44-25-21-36(29-40(44)47)37-23-27-46-42(31-37)48(3,4)41-30-35(22-26-45(41)50-46)33-16-10-6-11-17-33/h5-31H,1-4H3. The van der Waals surface area contributed by atoms with Crippen molar-refractivity contribution in [2.24, 2.45) is 0 Å². The molecule has 2 aliphatic rings. The number of benzene rings is 7. The van der Waals surface area contributed by atoms with E-state index in [4.69, 9.17) is 4.74 Å². The van der Waals surface area contributed by atoms with E-state index in [1.807, 2.05) is 0 Å². The molecule has 7 aromatic carbocycles. The third-order valence-corrected chi connectivity index (χ3v) is 10.9. The Labute approximate surface area is 295 Å². The lowest BCUT2D eigenvalue weighted by Crippen LogP contribution is -2.30. The zero-order valence-electron chi connectivity index (χ0n) is 28.9. The average Bonchev–Trinajstić information content (AvgIpc) is 3.16. The number of hydrogen-bond donors (Lipinski definition) is 0. The Bertz CT molecular complexity index is 2390. The molecular weight excluding hydrogens is 607 g/mol. The summed E-state index contributed by atoms with van der Waals surface area (Å²) in [5, 5.41) is 0. The normalized spacial score (nSPS) is 14.8. The van der Waals surface area contributed by atoms with E-state index in [0.717, 1.165) is 17.2 Å². The fourth-order valence-corrected chi connectivity index (χ4v) is 8.05. The van der Waals surface area contributed by atoms with Gasteiger partial charge in [0.25, 0.3) is 0 Å². The summed E-state index contributed by atoms with van der Waals surface area (Å²) in [4.78, 5) is 2.43. The highest BCUT2D eigenvalue weighted by Gasteiger charge is 2.38. The quantitative estimate of drug-likeness (QED) is 0.189. The number of fused-ring (bicyclic) bond motifs is 4. The van der Waals surface area contributed by atoms with Gasteiger partial charge in [0.15, 0.2) is 0 Å². The smallest absolute Gasteiger partial charge is 0.131 e. The van der Waals surface area contributed by atoms with Gasteiger partial charge in [0.2, 0.25) is 0 Å². The molecule has 0 aromatic heterocycles. The van der Waals surface area contributed by atoms with Crippen LogP contribution in [-0.2, 0) is 10.8 Å². The monoisotopic (exact) mass is 645 g/mol. The van der Waals surface area contributed by atoms with Crippen LogP contribution in [-0.4, -0.2) is 0 Å². The first-order valence-electron chi connectivity index (χ1n) is 17.5. The lowest BCUT2D eigenvalue weighted by Gasteiger charge is -2.42. The summed E-state index contributed by atoms with van der Waals surface area (Å²) in [5.74, 6) is 1.86. The molecule has 0 bridgehead atoms. The Hall–Kier alpha value is -5.86. The second-order valence-corrected chi connectivity index (χ2v) is 14.6. The third-order valence-electron chi connectivity index (χ3n) is 10.9. The number of rotatable bonds is 4. The molecule has 50 heavy (non-hydrogen) atoms. The highest BCUT2D eigenvalue weighted by Crippen LogP contribution is 2.54. The van der Waals surface area contributed by atoms with Crippen molar-refractivity contribution in [3.8, 4) is 44.9 Å². The maximum Gasteiger partial charge on any atom is 0.131 e. The number of anilines is 3. The topological polar surface area (TPSA) is 12.5 Å². The van der Waals surface area contributed by atoms with Gasteiger partial charge in [-0.1, -0.05) is 131 Å². The highest BCUT2D eigenvalue weighted by molar-refractivity contribution is 5.89. The Morgan fingerprint density at radius 1 is 0.360 bits per heavy atom. The van der Waals surface area contributed by atoms with Gasteiger partial charge in [-0.2, -0.15) is 0 Å². The number of nitrogens with zero attached hydrogens (tertiary/aromatic N) is 1. The number of para-hydroxylation sites is 1. The predicted molar refractivity (Wildman–Crippen MR) is 208 cm³/mol. The fraction of sp³-hybridized carbons (Fsp3) is 0.125. The van der Waals surface area contributed by atoms with Crippen molar-refractivity contribution in [3.05, 3.63) is 186 Å². The highest BCUT2D eigenvalue weighted by atomic mass is 16.5. The Morgan fingerprint density at radius 3 is 1.18 bits per heavy atom. The van der Waals surface area contributed by atoms with Gasteiger partial charge in [-0.05, 0) is 105 Å². The first-order valence-corrected chi connectivity index (χ1v) is 17.5. The van der Waals surface area contributed by atoms with Crippen molar-refractivity contribution in [2.45, 2.75) is 38.5 Å². The van der Waals surface area contributed by atoms with E-state index in [1.165, 1.54) is 67.0 Å². The Balaban J connectivity index is 1.16. The van der Waals surface area contributed by atoms with Crippen LogP contribution in [0.15, 0.2) is 164 Å². The molecule has 2 aliphatic heterocycles. The number of hydrogen-bond acceptors (Lipinski definition) is 2. The van der Waals surface area contributed by atoms with Crippen LogP contribution in [0.5, 0.6) is 11.5 Å². The Kier molecular flexibility index (Phi) is 6.86. The molecule has 2 heterocycles. The molecule has 242 valence electrons. The molecule has 0 saturated carbocycles. The van der Waals surface area contributed by atoms with Gasteiger partial charge in [0.05, 0.1) is 11.4 Å². The summed E-state index contributed by atoms with van der Waals surface area (Å²) < 4.78 is 6.56. The molecule has 2 nitrogen and oxygen atoms in total. The van der Waals surface area contributed by atoms with Gasteiger partial charge in [0.1, 0.15) is 11.5 Å². The summed E-state index contributed by atoms with van der Waals surface area (Å²) in [6.07, 6.45) is 0. The summed E-state index contributed by atoms with van der Waals surface area (Å²) in [7, 11) is 0. The second-order valence-electron chi connectivity index (χ2n) is 14.6. The van der Waals surface area contributed by atoms with E-state index in [1.54, 1.807) is 0 Å². The van der Waals surface area contributed by atoms with Gasteiger partial charge < -0.3 is 9.64 Å². The summed E-state index contributed by atoms with van der Waals surface area (Å²) >= 11 is 0. The molecule has 0 saturated heterocycles. The van der Waals surface area contributed by atoms with Crippen molar-refractivity contribution in [1.82, 2.24) is 0 Å². The first-order chi connectivity index (χ1) is 24.3. The molecule has 0 atom stereocenters. The van der Waals surface area contributed by atoms with E-state index < -0.39 is 0 Å². The van der Waals surface area contributed by atoms with Crippen LogP contribution in [0.1, 0.15) is 49.9 Å². The molecular formula is C48H39NO. The molecule has 9 rings (SSSR count). The van der Waals surface area contributed by atoms with Gasteiger partial charge in [-0.15, -0.1) is 0 Å². The lowest BCUT2D eigenvalue weighted by atomic mass is 9.71. The second kappa shape index (κ2) is 11.4. The van der Waals surface area contributed by atoms with Crippen LogP contribution in [0.4, 0.5) is 17.1 Å². The minimum atomic E-state index is -0.242. The molecule has 0 unspecified atom stereocenters. The van der Waals surface area contributed by atoms with Crippen molar-refractivity contribution in [2.75, 3.05) is 4.90 Å². The van der Waals surface area contributed by atoms with Crippen molar-refractivity contribution in [3.63, 3.8) is 0 Å². The minimum Gasteiger partial charge on any atom is -0.457 e. The van der Waals surface area contributed by atoms with Gasteiger partial charge in [-0.3, -0.25) is 0 Å². The van der Waals surface area contributed by atoms with Crippen LogP contribution in [0.2, 0.25) is 0 Å². The third kappa shape index (κ3) is 4.78. The van der Waals surface area contributed by atoms with E-state index in [2.05, 4.69) is 196 Å². The summed E-state index contributed by atoms with van der Waals surface area (Å²) in [6, 6.07) is 59.3. The maximum atomic E-state index is 6.56. The van der Waals surface area contributed by atoms with Crippen molar-refractivity contribution in [1.29, 1.82) is 0 Å². The SMILES string of the molecule is CC1(C)c2cc(-c3ccccc3)ccc2Oc2ccc(-c3ccc4c(c3)C(C)(C)c3cc(-c5ccccc5)ccc3N4c3ccccc3)cc21. The minimum absolute atomic E-state index is 0.236. The molecule has 0 radical (unpaired) electrons. The van der Waals surface area contributed by atoms with Gasteiger partial charge in [0, 0.05) is 27.6 Å².